The minimum atomic E-state index is -0.404. The fourth-order valence-corrected chi connectivity index (χ4v) is 3.89. The number of benzene rings is 1. The molecule has 4 rings (SSSR count). The highest BCUT2D eigenvalue weighted by Crippen LogP contribution is 2.26. The van der Waals surface area contributed by atoms with Crippen LogP contribution in [0.25, 0.3) is 11.3 Å². The van der Waals surface area contributed by atoms with Crippen LogP contribution in [-0.4, -0.2) is 70.6 Å². The average molecular weight is 371 g/mol. The molecule has 0 saturated carbocycles. The van der Waals surface area contributed by atoms with Crippen molar-refractivity contribution in [1.29, 1.82) is 0 Å². The van der Waals surface area contributed by atoms with Crippen molar-refractivity contribution in [3.8, 4) is 11.3 Å². The molecule has 142 valence electrons. The number of halogens is 1. The van der Waals surface area contributed by atoms with E-state index < -0.39 is 5.82 Å². The van der Waals surface area contributed by atoms with Crippen LogP contribution >= 0.6 is 0 Å². The van der Waals surface area contributed by atoms with Gasteiger partial charge in [0.25, 0.3) is 5.91 Å². The molecule has 0 spiro atoms. The molecule has 2 fully saturated rings. The summed E-state index contributed by atoms with van der Waals surface area (Å²) in [6, 6.07) is 6.34. The Balaban J connectivity index is 1.54. The molecule has 27 heavy (non-hydrogen) atoms. The molecule has 2 aromatic rings. The molecule has 3 heterocycles. The fourth-order valence-electron chi connectivity index (χ4n) is 3.89. The number of piperidine rings is 1. The zero-order valence-corrected chi connectivity index (χ0v) is 14.9. The summed E-state index contributed by atoms with van der Waals surface area (Å²) >= 11 is 0. The predicted octanol–water partition coefficient (Wildman–Crippen LogP) is 1.25. The zero-order valence-electron chi connectivity index (χ0n) is 14.9. The standard InChI is InChI=1S/C19H22FN5O2/c20-16-6-2-1-5-14(16)18-15(10-22-23-18)19(27)24-8-3-4-13(12-24)25-9-7-21-11-17(25)26/h1-2,5-6,10,13,21H,3-4,7-9,11-12H2,(H,22,23)/t13-/m0/s1. The Labute approximate surface area is 156 Å². The Kier molecular flexibility index (Phi) is 4.89. The highest BCUT2D eigenvalue weighted by atomic mass is 19.1. The summed E-state index contributed by atoms with van der Waals surface area (Å²) in [5.41, 5.74) is 1.06. The maximum absolute atomic E-state index is 14.2. The van der Waals surface area contributed by atoms with Gasteiger partial charge in [-0.15, -0.1) is 0 Å². The Morgan fingerprint density at radius 2 is 2.11 bits per heavy atom. The highest BCUT2D eigenvalue weighted by Gasteiger charge is 2.33. The third-order valence-electron chi connectivity index (χ3n) is 5.26. The topological polar surface area (TPSA) is 81.3 Å². The van der Waals surface area contributed by atoms with Crippen LogP contribution in [0.1, 0.15) is 23.2 Å². The van der Waals surface area contributed by atoms with Gasteiger partial charge in [0.15, 0.2) is 0 Å². The van der Waals surface area contributed by atoms with Crippen LogP contribution < -0.4 is 5.32 Å². The van der Waals surface area contributed by atoms with Crippen molar-refractivity contribution in [2.45, 2.75) is 18.9 Å². The molecule has 2 amide bonds. The summed E-state index contributed by atoms with van der Waals surface area (Å²) < 4.78 is 14.2. The van der Waals surface area contributed by atoms with Gasteiger partial charge in [-0.3, -0.25) is 14.7 Å². The van der Waals surface area contributed by atoms with Gasteiger partial charge in [0.1, 0.15) is 5.82 Å². The fraction of sp³-hybridized carbons (Fsp3) is 0.421. The second-order valence-electron chi connectivity index (χ2n) is 6.95. The number of hydrogen-bond acceptors (Lipinski definition) is 4. The second kappa shape index (κ2) is 7.48. The number of carbonyl (C=O) groups excluding carboxylic acids is 2. The van der Waals surface area contributed by atoms with Crippen LogP contribution in [0.5, 0.6) is 0 Å². The normalized spacial score (nSPS) is 20.8. The quantitative estimate of drug-likeness (QED) is 0.851. The molecular weight excluding hydrogens is 349 g/mol. The van der Waals surface area contributed by atoms with Crippen LogP contribution in [0.4, 0.5) is 4.39 Å². The Morgan fingerprint density at radius 1 is 1.26 bits per heavy atom. The van der Waals surface area contributed by atoms with Gasteiger partial charge >= 0.3 is 0 Å². The smallest absolute Gasteiger partial charge is 0.257 e. The van der Waals surface area contributed by atoms with Crippen molar-refractivity contribution in [2.75, 3.05) is 32.7 Å². The third-order valence-corrected chi connectivity index (χ3v) is 5.26. The minimum absolute atomic E-state index is 0.0288. The number of aromatic nitrogens is 2. The van der Waals surface area contributed by atoms with E-state index in [1.165, 1.54) is 12.3 Å². The number of hydrogen-bond donors (Lipinski definition) is 2. The zero-order chi connectivity index (χ0) is 18.8. The molecule has 1 aromatic heterocycles. The summed E-state index contributed by atoms with van der Waals surface area (Å²) in [6.45, 7) is 2.90. The van der Waals surface area contributed by atoms with Crippen LogP contribution in [0.3, 0.4) is 0 Å². The molecule has 2 aliphatic heterocycles. The number of carbonyl (C=O) groups is 2. The lowest BCUT2D eigenvalue weighted by molar-refractivity contribution is -0.135. The van der Waals surface area contributed by atoms with Crippen LogP contribution in [0, 0.1) is 5.82 Å². The lowest BCUT2D eigenvalue weighted by Crippen LogP contribution is -2.57. The number of amides is 2. The first-order valence-corrected chi connectivity index (χ1v) is 9.23. The summed E-state index contributed by atoms with van der Waals surface area (Å²) in [7, 11) is 0. The van der Waals surface area contributed by atoms with E-state index in [0.29, 0.717) is 43.0 Å². The Bertz CT molecular complexity index is 852. The molecule has 2 aliphatic rings. The SMILES string of the molecule is O=C(c1cn[nH]c1-c1ccccc1F)N1CCC[C@H](N2CCNCC2=O)C1. The lowest BCUT2D eigenvalue weighted by atomic mass is 10.0. The number of rotatable bonds is 3. The number of aromatic amines is 1. The lowest BCUT2D eigenvalue weighted by Gasteiger charge is -2.41. The van der Waals surface area contributed by atoms with E-state index in [1.54, 1.807) is 23.1 Å². The summed E-state index contributed by atoms with van der Waals surface area (Å²) in [4.78, 5) is 28.9. The Morgan fingerprint density at radius 3 is 2.93 bits per heavy atom. The average Bonchev–Trinajstić information content (AvgIpc) is 3.18. The maximum Gasteiger partial charge on any atom is 0.257 e. The van der Waals surface area contributed by atoms with Gasteiger partial charge < -0.3 is 15.1 Å². The largest absolute Gasteiger partial charge is 0.336 e. The molecular formula is C19H22FN5O2. The molecule has 0 aliphatic carbocycles. The number of nitrogens with zero attached hydrogens (tertiary/aromatic N) is 3. The van der Waals surface area contributed by atoms with Crippen LogP contribution in [0.15, 0.2) is 30.5 Å². The van der Waals surface area contributed by atoms with Gasteiger partial charge in [-0.05, 0) is 25.0 Å². The van der Waals surface area contributed by atoms with Crippen molar-refractivity contribution in [3.05, 3.63) is 41.8 Å². The summed E-state index contributed by atoms with van der Waals surface area (Å²) in [5.74, 6) is -0.510. The molecule has 2 N–H and O–H groups in total. The predicted molar refractivity (Wildman–Crippen MR) is 97.5 cm³/mol. The number of piperazine rings is 1. The van der Waals surface area contributed by atoms with E-state index in [-0.39, 0.29) is 17.9 Å². The van der Waals surface area contributed by atoms with Gasteiger partial charge in [-0.25, -0.2) is 4.39 Å². The monoisotopic (exact) mass is 371 g/mol. The van der Waals surface area contributed by atoms with E-state index in [2.05, 4.69) is 15.5 Å². The molecule has 0 unspecified atom stereocenters. The molecule has 2 saturated heterocycles. The van der Waals surface area contributed by atoms with Crippen LogP contribution in [-0.2, 0) is 4.79 Å². The second-order valence-corrected chi connectivity index (χ2v) is 6.95. The third kappa shape index (κ3) is 3.44. The van der Waals surface area contributed by atoms with E-state index in [1.807, 2.05) is 4.90 Å². The molecule has 0 radical (unpaired) electrons. The molecule has 8 heteroatoms. The first-order valence-electron chi connectivity index (χ1n) is 9.23. The van der Waals surface area contributed by atoms with E-state index in [9.17, 15) is 14.0 Å². The molecule has 0 bridgehead atoms. The number of likely N-dealkylation sites (tertiary alicyclic amines) is 1. The van der Waals surface area contributed by atoms with Gasteiger partial charge in [0.05, 0.1) is 24.0 Å². The van der Waals surface area contributed by atoms with E-state index in [0.717, 1.165) is 19.4 Å². The number of H-pyrrole nitrogens is 1. The van der Waals surface area contributed by atoms with Crippen LogP contribution in [0.2, 0.25) is 0 Å². The van der Waals surface area contributed by atoms with Gasteiger partial charge in [-0.2, -0.15) is 5.10 Å². The van der Waals surface area contributed by atoms with Crippen molar-refractivity contribution < 1.29 is 14.0 Å². The molecule has 1 aromatic carbocycles. The van der Waals surface area contributed by atoms with Crippen molar-refractivity contribution in [2.24, 2.45) is 0 Å². The summed E-state index contributed by atoms with van der Waals surface area (Å²) in [5, 5.41) is 9.79. The van der Waals surface area contributed by atoms with Crippen molar-refractivity contribution in [1.82, 2.24) is 25.3 Å². The van der Waals surface area contributed by atoms with E-state index in [4.69, 9.17) is 0 Å². The summed E-state index contributed by atoms with van der Waals surface area (Å²) in [6.07, 6.45) is 3.17. The molecule has 1 atom stereocenters. The Hall–Kier alpha value is -2.74. The minimum Gasteiger partial charge on any atom is -0.336 e. The first kappa shape index (κ1) is 17.7. The van der Waals surface area contributed by atoms with Crippen molar-refractivity contribution in [3.63, 3.8) is 0 Å². The van der Waals surface area contributed by atoms with Crippen molar-refractivity contribution >= 4 is 11.8 Å². The van der Waals surface area contributed by atoms with Gasteiger partial charge in [-0.1, -0.05) is 12.1 Å². The number of nitrogens with one attached hydrogen (secondary N) is 2. The maximum atomic E-state index is 14.2. The van der Waals surface area contributed by atoms with Gasteiger partial charge in [0.2, 0.25) is 5.91 Å². The van der Waals surface area contributed by atoms with Gasteiger partial charge in [0, 0.05) is 37.8 Å². The first-order chi connectivity index (χ1) is 13.1. The highest BCUT2D eigenvalue weighted by molar-refractivity contribution is 6.00. The molecule has 7 nitrogen and oxygen atoms in total. The van der Waals surface area contributed by atoms with E-state index >= 15 is 0 Å².